The van der Waals surface area contributed by atoms with Crippen molar-refractivity contribution in [3.8, 4) is 5.75 Å². The Labute approximate surface area is 165 Å². The van der Waals surface area contributed by atoms with Crippen LogP contribution in [0.25, 0.3) is 0 Å². The van der Waals surface area contributed by atoms with Gasteiger partial charge >= 0.3 is 0 Å². The van der Waals surface area contributed by atoms with Crippen molar-refractivity contribution in [3.63, 3.8) is 0 Å². The van der Waals surface area contributed by atoms with E-state index in [0.29, 0.717) is 12.1 Å². The van der Waals surface area contributed by atoms with Gasteiger partial charge in [-0.1, -0.05) is 48.5 Å². The van der Waals surface area contributed by atoms with E-state index in [9.17, 15) is 4.79 Å². The van der Waals surface area contributed by atoms with E-state index in [1.165, 1.54) is 16.8 Å². The van der Waals surface area contributed by atoms with Gasteiger partial charge in [0, 0.05) is 36.4 Å². The van der Waals surface area contributed by atoms with Gasteiger partial charge in [-0.25, -0.2) is 0 Å². The van der Waals surface area contributed by atoms with Gasteiger partial charge in [-0.15, -0.1) is 0 Å². The molecule has 1 amide bonds. The average molecular weight is 372 g/mol. The van der Waals surface area contributed by atoms with Crippen LogP contribution in [0.1, 0.15) is 27.0 Å². The summed E-state index contributed by atoms with van der Waals surface area (Å²) < 4.78 is 5.33. The van der Waals surface area contributed by atoms with Crippen LogP contribution in [0, 0.1) is 0 Å². The number of para-hydroxylation sites is 2. The maximum Gasteiger partial charge on any atom is 0.251 e. The van der Waals surface area contributed by atoms with E-state index in [4.69, 9.17) is 4.74 Å². The normalized spacial score (nSPS) is 12.5. The molecule has 1 aliphatic rings. The number of rotatable bonds is 6. The third kappa shape index (κ3) is 3.86. The lowest BCUT2D eigenvalue weighted by Gasteiger charge is -2.19. The van der Waals surface area contributed by atoms with E-state index in [1.54, 1.807) is 7.11 Å². The number of ether oxygens (including phenoxy) is 1. The minimum absolute atomic E-state index is 0.0797. The Balaban J connectivity index is 1.37. The van der Waals surface area contributed by atoms with Crippen molar-refractivity contribution >= 4 is 11.6 Å². The fraction of sp³-hybridized carbons (Fsp3) is 0.208. The Hall–Kier alpha value is -3.27. The second-order valence-electron chi connectivity index (χ2n) is 6.99. The van der Waals surface area contributed by atoms with Crippen molar-refractivity contribution in [2.24, 2.45) is 0 Å². The molecule has 3 aromatic rings. The Bertz CT molecular complexity index is 966. The molecule has 3 aromatic carbocycles. The molecule has 0 unspecified atom stereocenters. The van der Waals surface area contributed by atoms with Gasteiger partial charge in [0.2, 0.25) is 0 Å². The average Bonchev–Trinajstić information content (AvgIpc) is 3.15. The van der Waals surface area contributed by atoms with Crippen LogP contribution in [0.4, 0.5) is 5.69 Å². The van der Waals surface area contributed by atoms with Crippen LogP contribution in [0.3, 0.4) is 0 Å². The second kappa shape index (κ2) is 8.17. The first kappa shape index (κ1) is 18.1. The zero-order valence-electron chi connectivity index (χ0n) is 16.0. The van der Waals surface area contributed by atoms with Crippen LogP contribution < -0.4 is 15.0 Å². The lowest BCUT2D eigenvalue weighted by Crippen LogP contribution is -2.23. The molecule has 0 radical (unpaired) electrons. The molecule has 0 spiro atoms. The van der Waals surface area contributed by atoms with Gasteiger partial charge in [-0.3, -0.25) is 4.79 Å². The second-order valence-corrected chi connectivity index (χ2v) is 6.99. The molecular weight excluding hydrogens is 348 g/mol. The fourth-order valence-corrected chi connectivity index (χ4v) is 3.68. The number of carbonyl (C=O) groups excluding carboxylic acids is 1. The van der Waals surface area contributed by atoms with Gasteiger partial charge < -0.3 is 15.0 Å². The summed E-state index contributed by atoms with van der Waals surface area (Å²) in [5.74, 6) is 0.702. The smallest absolute Gasteiger partial charge is 0.251 e. The largest absolute Gasteiger partial charge is 0.496 e. The molecule has 0 aromatic heterocycles. The number of hydrogen-bond donors (Lipinski definition) is 1. The molecule has 4 nitrogen and oxygen atoms in total. The third-order valence-electron chi connectivity index (χ3n) is 5.20. The van der Waals surface area contributed by atoms with E-state index in [-0.39, 0.29) is 5.91 Å². The molecule has 142 valence electrons. The van der Waals surface area contributed by atoms with Gasteiger partial charge in [-0.2, -0.15) is 0 Å². The van der Waals surface area contributed by atoms with E-state index in [2.05, 4.69) is 34.5 Å². The highest BCUT2D eigenvalue weighted by Gasteiger charge is 2.18. The SMILES string of the molecule is COc1ccccc1CNC(=O)c1ccc(CN2CCc3ccccc32)cc1. The summed E-state index contributed by atoms with van der Waals surface area (Å²) in [4.78, 5) is 14.9. The number of nitrogens with zero attached hydrogens (tertiary/aromatic N) is 1. The standard InChI is InChI=1S/C24H24N2O2/c1-28-23-9-5-3-7-21(23)16-25-24(27)20-12-10-18(11-13-20)17-26-15-14-19-6-2-4-8-22(19)26/h2-13H,14-17H2,1H3,(H,25,27). The summed E-state index contributed by atoms with van der Waals surface area (Å²) >= 11 is 0. The highest BCUT2D eigenvalue weighted by atomic mass is 16.5. The van der Waals surface area contributed by atoms with Gasteiger partial charge in [0.15, 0.2) is 0 Å². The summed E-state index contributed by atoms with van der Waals surface area (Å²) in [6, 6.07) is 24.2. The van der Waals surface area contributed by atoms with Gasteiger partial charge in [0.25, 0.3) is 5.91 Å². The number of nitrogens with one attached hydrogen (secondary N) is 1. The molecule has 0 aliphatic carbocycles. The molecule has 0 atom stereocenters. The topological polar surface area (TPSA) is 41.6 Å². The zero-order chi connectivity index (χ0) is 19.3. The fourth-order valence-electron chi connectivity index (χ4n) is 3.68. The van der Waals surface area contributed by atoms with Crippen molar-refractivity contribution in [3.05, 3.63) is 95.1 Å². The summed E-state index contributed by atoms with van der Waals surface area (Å²) in [6.07, 6.45) is 1.10. The third-order valence-corrected chi connectivity index (χ3v) is 5.20. The Morgan fingerprint density at radius 2 is 1.75 bits per heavy atom. The monoisotopic (exact) mass is 372 g/mol. The molecule has 0 saturated carbocycles. The van der Waals surface area contributed by atoms with Crippen molar-refractivity contribution in [2.45, 2.75) is 19.5 Å². The number of hydrogen-bond acceptors (Lipinski definition) is 3. The number of anilines is 1. The summed E-state index contributed by atoms with van der Waals surface area (Å²) in [7, 11) is 1.64. The summed E-state index contributed by atoms with van der Waals surface area (Å²) in [5.41, 5.74) is 5.57. The van der Waals surface area contributed by atoms with Gasteiger partial charge in [-0.05, 0) is 41.8 Å². The van der Waals surface area contributed by atoms with Crippen LogP contribution in [0.2, 0.25) is 0 Å². The van der Waals surface area contributed by atoms with Crippen LogP contribution in [-0.2, 0) is 19.5 Å². The van der Waals surface area contributed by atoms with Crippen LogP contribution in [0.5, 0.6) is 5.75 Å². The summed E-state index contributed by atoms with van der Waals surface area (Å²) in [5, 5.41) is 2.97. The maximum absolute atomic E-state index is 12.5. The van der Waals surface area contributed by atoms with Gasteiger partial charge in [0.05, 0.1) is 7.11 Å². The van der Waals surface area contributed by atoms with Gasteiger partial charge in [0.1, 0.15) is 5.75 Å². The number of benzene rings is 3. The highest BCUT2D eigenvalue weighted by Crippen LogP contribution is 2.28. The lowest BCUT2D eigenvalue weighted by molar-refractivity contribution is 0.0950. The van der Waals surface area contributed by atoms with Crippen molar-refractivity contribution in [1.82, 2.24) is 5.32 Å². The van der Waals surface area contributed by atoms with E-state index < -0.39 is 0 Å². The molecule has 0 bridgehead atoms. The molecule has 1 heterocycles. The number of methoxy groups -OCH3 is 1. The van der Waals surface area contributed by atoms with Crippen LogP contribution in [0.15, 0.2) is 72.8 Å². The predicted molar refractivity (Wildman–Crippen MR) is 112 cm³/mol. The van der Waals surface area contributed by atoms with Crippen molar-refractivity contribution < 1.29 is 9.53 Å². The van der Waals surface area contributed by atoms with Crippen LogP contribution >= 0.6 is 0 Å². The highest BCUT2D eigenvalue weighted by molar-refractivity contribution is 5.94. The van der Waals surface area contributed by atoms with Crippen molar-refractivity contribution in [1.29, 1.82) is 0 Å². The quantitative estimate of drug-likeness (QED) is 0.705. The van der Waals surface area contributed by atoms with E-state index in [1.807, 2.05) is 48.5 Å². The molecule has 4 heteroatoms. The first-order valence-electron chi connectivity index (χ1n) is 9.56. The maximum atomic E-state index is 12.5. The minimum atomic E-state index is -0.0797. The first-order valence-corrected chi connectivity index (χ1v) is 9.56. The Morgan fingerprint density at radius 1 is 1.00 bits per heavy atom. The summed E-state index contributed by atoms with van der Waals surface area (Å²) in [6.45, 7) is 2.34. The van der Waals surface area contributed by atoms with E-state index in [0.717, 1.165) is 30.8 Å². The predicted octanol–water partition coefficient (Wildman–Crippen LogP) is 4.19. The van der Waals surface area contributed by atoms with E-state index >= 15 is 0 Å². The number of amides is 1. The number of carbonyl (C=O) groups is 1. The Morgan fingerprint density at radius 3 is 2.57 bits per heavy atom. The first-order chi connectivity index (χ1) is 13.7. The number of fused-ring (bicyclic) bond motifs is 1. The molecule has 28 heavy (non-hydrogen) atoms. The van der Waals surface area contributed by atoms with Crippen molar-refractivity contribution in [2.75, 3.05) is 18.6 Å². The molecular formula is C24H24N2O2. The molecule has 0 fully saturated rings. The van der Waals surface area contributed by atoms with Crippen LogP contribution in [-0.4, -0.2) is 19.6 Å². The molecule has 4 rings (SSSR count). The Kier molecular flexibility index (Phi) is 5.29. The minimum Gasteiger partial charge on any atom is -0.496 e. The molecule has 1 N–H and O–H groups in total. The molecule has 1 aliphatic heterocycles. The molecule has 0 saturated heterocycles. The lowest BCUT2D eigenvalue weighted by atomic mass is 10.1. The zero-order valence-corrected chi connectivity index (χ0v) is 16.0.